The molecular formula is C14H12ClN3O. The zero-order valence-corrected chi connectivity index (χ0v) is 11.0. The number of fused-ring (bicyclic) bond motifs is 1. The molecule has 2 aromatic rings. The maximum atomic E-state index is 12.3. The van der Waals surface area contributed by atoms with Gasteiger partial charge in [-0.1, -0.05) is 35.9 Å². The summed E-state index contributed by atoms with van der Waals surface area (Å²) in [6.07, 6.45) is 0.878. The molecule has 4 nitrogen and oxygen atoms in total. The van der Waals surface area contributed by atoms with Crippen molar-refractivity contribution in [3.63, 3.8) is 0 Å². The third-order valence-electron chi connectivity index (χ3n) is 3.27. The van der Waals surface area contributed by atoms with Gasteiger partial charge in [-0.25, -0.2) is 0 Å². The Morgan fingerprint density at radius 3 is 2.63 bits per heavy atom. The standard InChI is InChI=1S/C14H12ClN3O/c15-13-6-5-12(16-17-13)14(19)18-8-7-10-3-1-2-4-11(10)9-18/h1-6H,7-9H2. The highest BCUT2D eigenvalue weighted by molar-refractivity contribution is 6.29. The molecule has 0 atom stereocenters. The largest absolute Gasteiger partial charge is 0.333 e. The van der Waals surface area contributed by atoms with Gasteiger partial charge in [0.25, 0.3) is 5.91 Å². The summed E-state index contributed by atoms with van der Waals surface area (Å²) in [5.41, 5.74) is 2.85. The summed E-state index contributed by atoms with van der Waals surface area (Å²) in [4.78, 5) is 14.1. The monoisotopic (exact) mass is 273 g/mol. The second kappa shape index (κ2) is 4.97. The van der Waals surface area contributed by atoms with Crippen molar-refractivity contribution in [2.45, 2.75) is 13.0 Å². The summed E-state index contributed by atoms with van der Waals surface area (Å²) in [5, 5.41) is 7.84. The van der Waals surface area contributed by atoms with Crippen LogP contribution in [0.25, 0.3) is 0 Å². The van der Waals surface area contributed by atoms with E-state index in [0.717, 1.165) is 6.42 Å². The van der Waals surface area contributed by atoms with Gasteiger partial charge in [0.05, 0.1) is 0 Å². The Bertz CT molecular complexity index is 612. The smallest absolute Gasteiger partial charge is 0.274 e. The van der Waals surface area contributed by atoms with Gasteiger partial charge in [0, 0.05) is 13.1 Å². The number of rotatable bonds is 1. The third kappa shape index (κ3) is 2.44. The third-order valence-corrected chi connectivity index (χ3v) is 3.47. The number of aromatic nitrogens is 2. The van der Waals surface area contributed by atoms with E-state index in [1.54, 1.807) is 17.0 Å². The van der Waals surface area contributed by atoms with Crippen molar-refractivity contribution in [2.24, 2.45) is 0 Å². The molecule has 96 valence electrons. The van der Waals surface area contributed by atoms with Crippen LogP contribution in [0.1, 0.15) is 21.6 Å². The summed E-state index contributed by atoms with van der Waals surface area (Å²) >= 11 is 5.67. The lowest BCUT2D eigenvalue weighted by Crippen LogP contribution is -2.36. The minimum Gasteiger partial charge on any atom is -0.333 e. The van der Waals surface area contributed by atoms with Crippen LogP contribution in [0.3, 0.4) is 0 Å². The molecule has 3 rings (SSSR count). The second-order valence-corrected chi connectivity index (χ2v) is 4.87. The number of benzene rings is 1. The van der Waals surface area contributed by atoms with Crippen LogP contribution in [-0.2, 0) is 13.0 Å². The molecule has 2 heterocycles. The lowest BCUT2D eigenvalue weighted by atomic mass is 10.00. The number of nitrogens with zero attached hydrogens (tertiary/aromatic N) is 3. The normalized spacial score (nSPS) is 14.1. The molecule has 0 N–H and O–H groups in total. The molecule has 19 heavy (non-hydrogen) atoms. The van der Waals surface area contributed by atoms with E-state index in [-0.39, 0.29) is 5.91 Å². The Balaban J connectivity index is 1.81. The van der Waals surface area contributed by atoms with Crippen molar-refractivity contribution in [3.8, 4) is 0 Å². The zero-order chi connectivity index (χ0) is 13.2. The molecule has 5 heteroatoms. The molecule has 1 aromatic heterocycles. The summed E-state index contributed by atoms with van der Waals surface area (Å²) in [6, 6.07) is 11.4. The molecule has 0 fully saturated rings. The maximum Gasteiger partial charge on any atom is 0.274 e. The highest BCUT2D eigenvalue weighted by Crippen LogP contribution is 2.19. The minimum absolute atomic E-state index is 0.0985. The molecular weight excluding hydrogens is 262 g/mol. The summed E-state index contributed by atoms with van der Waals surface area (Å²) in [7, 11) is 0. The van der Waals surface area contributed by atoms with Crippen LogP contribution >= 0.6 is 11.6 Å². The fraction of sp³-hybridized carbons (Fsp3) is 0.214. The van der Waals surface area contributed by atoms with Crippen LogP contribution in [0.2, 0.25) is 5.15 Å². The predicted molar refractivity (Wildman–Crippen MR) is 71.9 cm³/mol. The predicted octanol–water partition coefficient (Wildman–Crippen LogP) is 2.33. The average molecular weight is 274 g/mol. The molecule has 1 aromatic carbocycles. The number of halogens is 1. The molecule has 1 aliphatic rings. The molecule has 0 bridgehead atoms. The van der Waals surface area contributed by atoms with Crippen molar-refractivity contribution in [2.75, 3.05) is 6.54 Å². The van der Waals surface area contributed by atoms with Crippen LogP contribution in [-0.4, -0.2) is 27.5 Å². The number of carbonyl (C=O) groups is 1. The van der Waals surface area contributed by atoms with Crippen molar-refractivity contribution in [1.29, 1.82) is 0 Å². The van der Waals surface area contributed by atoms with Gasteiger partial charge in [-0.3, -0.25) is 4.79 Å². The second-order valence-electron chi connectivity index (χ2n) is 4.49. The van der Waals surface area contributed by atoms with E-state index >= 15 is 0 Å². The molecule has 1 aliphatic heterocycles. The summed E-state index contributed by atoms with van der Waals surface area (Å²) in [6.45, 7) is 1.33. The first-order chi connectivity index (χ1) is 9.24. The first-order valence-electron chi connectivity index (χ1n) is 6.09. The molecule has 0 aliphatic carbocycles. The van der Waals surface area contributed by atoms with Gasteiger partial charge in [-0.05, 0) is 29.7 Å². The van der Waals surface area contributed by atoms with E-state index in [1.165, 1.54) is 11.1 Å². The first kappa shape index (κ1) is 12.1. The van der Waals surface area contributed by atoms with Crippen LogP contribution in [0.15, 0.2) is 36.4 Å². The summed E-state index contributed by atoms with van der Waals surface area (Å²) < 4.78 is 0. The van der Waals surface area contributed by atoms with E-state index in [1.807, 2.05) is 12.1 Å². The van der Waals surface area contributed by atoms with E-state index in [2.05, 4.69) is 22.3 Å². The highest BCUT2D eigenvalue weighted by atomic mass is 35.5. The van der Waals surface area contributed by atoms with Gasteiger partial charge >= 0.3 is 0 Å². The number of amides is 1. The molecule has 1 amide bonds. The fourth-order valence-electron chi connectivity index (χ4n) is 2.26. The maximum absolute atomic E-state index is 12.3. The van der Waals surface area contributed by atoms with Gasteiger partial charge < -0.3 is 4.90 Å². The van der Waals surface area contributed by atoms with E-state index in [4.69, 9.17) is 11.6 Å². The topological polar surface area (TPSA) is 46.1 Å². The Morgan fingerprint density at radius 2 is 1.89 bits per heavy atom. The van der Waals surface area contributed by atoms with Gasteiger partial charge in [0.15, 0.2) is 10.8 Å². The van der Waals surface area contributed by atoms with Crippen molar-refractivity contribution < 1.29 is 4.79 Å². The number of hydrogen-bond donors (Lipinski definition) is 0. The van der Waals surface area contributed by atoms with Gasteiger partial charge in [0.1, 0.15) is 0 Å². The Labute approximate surface area is 116 Å². The first-order valence-corrected chi connectivity index (χ1v) is 6.47. The Morgan fingerprint density at radius 1 is 1.11 bits per heavy atom. The fourth-order valence-corrected chi connectivity index (χ4v) is 2.36. The van der Waals surface area contributed by atoms with E-state index < -0.39 is 0 Å². The lowest BCUT2D eigenvalue weighted by molar-refractivity contribution is 0.0727. The molecule has 0 saturated carbocycles. The molecule has 0 unspecified atom stereocenters. The van der Waals surface area contributed by atoms with Gasteiger partial charge in [-0.2, -0.15) is 0 Å². The molecule has 0 spiro atoms. The lowest BCUT2D eigenvalue weighted by Gasteiger charge is -2.28. The van der Waals surface area contributed by atoms with Crippen molar-refractivity contribution >= 4 is 17.5 Å². The van der Waals surface area contributed by atoms with Crippen molar-refractivity contribution in [1.82, 2.24) is 15.1 Å². The van der Waals surface area contributed by atoms with E-state index in [0.29, 0.717) is 23.9 Å². The van der Waals surface area contributed by atoms with E-state index in [9.17, 15) is 4.79 Å². The average Bonchev–Trinajstić information content (AvgIpc) is 2.47. The SMILES string of the molecule is O=C(c1ccc(Cl)nn1)N1CCc2ccccc2C1. The number of carbonyl (C=O) groups excluding carboxylic acids is 1. The summed E-state index contributed by atoms with van der Waals surface area (Å²) in [5.74, 6) is -0.0985. The van der Waals surface area contributed by atoms with Crippen LogP contribution in [0, 0.1) is 0 Å². The molecule has 0 saturated heterocycles. The Kier molecular flexibility index (Phi) is 3.17. The zero-order valence-electron chi connectivity index (χ0n) is 10.2. The van der Waals surface area contributed by atoms with Gasteiger partial charge in [0.2, 0.25) is 0 Å². The van der Waals surface area contributed by atoms with Crippen LogP contribution in [0.5, 0.6) is 0 Å². The highest BCUT2D eigenvalue weighted by Gasteiger charge is 2.22. The van der Waals surface area contributed by atoms with Crippen LogP contribution < -0.4 is 0 Å². The van der Waals surface area contributed by atoms with Crippen LogP contribution in [0.4, 0.5) is 0 Å². The molecule has 0 radical (unpaired) electrons. The minimum atomic E-state index is -0.0985. The number of hydrogen-bond acceptors (Lipinski definition) is 3. The Hall–Kier alpha value is -1.94. The van der Waals surface area contributed by atoms with Gasteiger partial charge in [-0.15, -0.1) is 10.2 Å². The quantitative estimate of drug-likeness (QED) is 0.801. The van der Waals surface area contributed by atoms with Crippen molar-refractivity contribution in [3.05, 3.63) is 58.4 Å².